The zero-order chi connectivity index (χ0) is 12.1. The Morgan fingerprint density at radius 1 is 0.882 bits per heavy atom. The molecule has 0 fully saturated rings. The lowest BCUT2D eigenvalue weighted by molar-refractivity contribution is 0.00757. The summed E-state index contributed by atoms with van der Waals surface area (Å²) in [6, 6.07) is 17.8. The Balaban J connectivity index is 2.64. The van der Waals surface area contributed by atoms with Crippen LogP contribution in [-0.2, 0) is 4.57 Å². The minimum Gasteiger partial charge on any atom is -0.407 e. The average Bonchev–Trinajstić information content (AvgIpc) is 2.41. The Morgan fingerprint density at radius 3 is 1.65 bits per heavy atom. The molecule has 2 rings (SSSR count). The number of hydrogen-bond donors (Lipinski definition) is 0. The first-order valence-electron chi connectivity index (χ1n) is 5.10. The summed E-state index contributed by atoms with van der Waals surface area (Å²) in [6.45, 7) is 0. The Hall–Kier alpha value is -1.95. The lowest BCUT2D eigenvalue weighted by atomic mass is 10.4. The quantitative estimate of drug-likeness (QED) is 0.267. The van der Waals surface area contributed by atoms with E-state index in [-0.39, 0.29) is 0 Å². The molecule has 0 amide bonds. The van der Waals surface area contributed by atoms with Gasteiger partial charge in [0.15, 0.2) is 0 Å². The van der Waals surface area contributed by atoms with Gasteiger partial charge in [0.05, 0.1) is 7.14 Å². The third kappa shape index (κ3) is 2.26. The second-order valence-corrected chi connectivity index (χ2v) is 5.93. The molecule has 0 bridgehead atoms. The lowest BCUT2D eigenvalue weighted by Crippen LogP contribution is -2.16. The van der Waals surface area contributed by atoms with Gasteiger partial charge in [-0.2, -0.15) is 0 Å². The topological polar surface area (TPSA) is 53.5 Å². The van der Waals surface area contributed by atoms with Crippen molar-refractivity contribution in [1.82, 2.24) is 0 Å². The van der Waals surface area contributed by atoms with Crippen LogP contribution in [0, 0.1) is 0 Å². The summed E-state index contributed by atoms with van der Waals surface area (Å²) in [5.41, 5.74) is 8.67. The summed E-state index contributed by atoms with van der Waals surface area (Å²) in [7, 11) is -3.09. The van der Waals surface area contributed by atoms with Crippen LogP contribution in [0.3, 0.4) is 0 Å². The van der Waals surface area contributed by atoms with Gasteiger partial charge in [0, 0.05) is 5.96 Å². The summed E-state index contributed by atoms with van der Waals surface area (Å²) in [5, 5.41) is 1.20. The molecule has 3 nitrogen and oxygen atoms in total. The number of nitrogens with zero attached hydrogens (tertiary/aromatic N) is 2. The van der Waals surface area contributed by atoms with Crippen LogP contribution in [0.1, 0.15) is 0 Å². The highest BCUT2D eigenvalue weighted by Gasteiger charge is 2.18. The predicted octanol–water partition coefficient (Wildman–Crippen LogP) is 2.14. The Kier molecular flexibility index (Phi) is 3.34. The summed E-state index contributed by atoms with van der Waals surface area (Å²) in [4.78, 5) is 2.85. The van der Waals surface area contributed by atoms with E-state index >= 15 is 0 Å². The van der Waals surface area contributed by atoms with Gasteiger partial charge in [-0.25, -0.2) is 0 Å². The smallest absolute Gasteiger partial charge is 0.0793 e. The largest absolute Gasteiger partial charge is 0.407 e. The van der Waals surface area contributed by atoms with Gasteiger partial charge in [-0.15, -0.1) is 0 Å². The highest BCUT2D eigenvalue weighted by atomic mass is 31.2. The van der Waals surface area contributed by atoms with Crippen molar-refractivity contribution < 1.29 is 9.35 Å². The first-order valence-corrected chi connectivity index (χ1v) is 6.81. The van der Waals surface area contributed by atoms with E-state index in [0.29, 0.717) is 10.6 Å². The van der Waals surface area contributed by atoms with Crippen molar-refractivity contribution in [3.8, 4) is 0 Å². The molecule has 0 saturated carbocycles. The van der Waals surface area contributed by atoms with Gasteiger partial charge in [0.1, 0.15) is 0 Å². The second-order valence-electron chi connectivity index (χ2n) is 3.48. The second kappa shape index (κ2) is 4.92. The molecule has 17 heavy (non-hydrogen) atoms. The van der Waals surface area contributed by atoms with E-state index in [1.54, 1.807) is 48.5 Å². The van der Waals surface area contributed by atoms with Crippen LogP contribution in [0.2, 0.25) is 0 Å². The number of benzene rings is 2. The number of hydrogen-bond acceptors (Lipinski definition) is 1. The zero-order valence-electron chi connectivity index (χ0n) is 9.02. The molecule has 2 aromatic carbocycles. The van der Waals surface area contributed by atoms with Gasteiger partial charge in [0.2, 0.25) is 0 Å². The van der Waals surface area contributed by atoms with E-state index in [1.807, 2.05) is 12.1 Å². The molecule has 0 aliphatic carbocycles. The van der Waals surface area contributed by atoms with Crippen LogP contribution in [0.4, 0.5) is 0 Å². The van der Waals surface area contributed by atoms with Crippen molar-refractivity contribution in [3.05, 3.63) is 66.2 Å². The van der Waals surface area contributed by atoms with E-state index in [2.05, 4.69) is 10.7 Å². The van der Waals surface area contributed by atoms with Crippen LogP contribution in [0.5, 0.6) is 0 Å². The van der Waals surface area contributed by atoms with Gasteiger partial charge in [-0.05, 0) is 10.6 Å². The molecule has 84 valence electrons. The minimum absolute atomic E-state index is 0.601. The molecule has 0 spiro atoms. The third-order valence-electron chi connectivity index (χ3n) is 2.43. The standard InChI is InChI=1S/C13H10N2OP/c14-15-11-17(16,12-7-3-1-4-8-12)13-9-5-2-6-10-13/h1-10H/q-1. The van der Waals surface area contributed by atoms with Crippen molar-refractivity contribution in [3.63, 3.8) is 0 Å². The maximum atomic E-state index is 12.9. The molecular formula is C13H10N2OP-. The maximum Gasteiger partial charge on any atom is 0.0793 e. The van der Waals surface area contributed by atoms with E-state index in [0.717, 1.165) is 0 Å². The van der Waals surface area contributed by atoms with Crippen molar-refractivity contribution in [2.45, 2.75) is 0 Å². The lowest BCUT2D eigenvalue weighted by Gasteiger charge is -2.18. The van der Waals surface area contributed by atoms with E-state index in [4.69, 9.17) is 5.53 Å². The van der Waals surface area contributed by atoms with E-state index in [9.17, 15) is 4.57 Å². The number of rotatable bonds is 3. The van der Waals surface area contributed by atoms with Crippen molar-refractivity contribution in [2.24, 2.45) is 0 Å². The highest BCUT2D eigenvalue weighted by molar-refractivity contribution is 7.91. The van der Waals surface area contributed by atoms with Gasteiger partial charge in [-0.1, -0.05) is 60.7 Å². The van der Waals surface area contributed by atoms with Crippen LogP contribution in [0.25, 0.3) is 5.53 Å². The summed E-state index contributed by atoms with van der Waals surface area (Å²) < 4.78 is 12.9. The third-order valence-corrected chi connectivity index (χ3v) is 4.85. The van der Waals surface area contributed by atoms with Crippen LogP contribution in [-0.4, -0.2) is 10.7 Å². The van der Waals surface area contributed by atoms with Crippen LogP contribution < -0.4 is 10.6 Å². The highest BCUT2D eigenvalue weighted by Crippen LogP contribution is 2.39. The first-order chi connectivity index (χ1) is 8.27. The van der Waals surface area contributed by atoms with E-state index < -0.39 is 7.14 Å². The molecule has 0 unspecified atom stereocenters. The molecular weight excluding hydrogens is 231 g/mol. The van der Waals surface area contributed by atoms with Crippen LogP contribution in [0.15, 0.2) is 60.7 Å². The van der Waals surface area contributed by atoms with Crippen molar-refractivity contribution in [2.75, 3.05) is 0 Å². The molecule has 0 N–H and O–H groups in total. The molecule has 0 aliphatic heterocycles. The van der Waals surface area contributed by atoms with Gasteiger partial charge >= 0.3 is 0 Å². The molecule has 0 heterocycles. The molecule has 0 saturated heterocycles. The zero-order valence-corrected chi connectivity index (χ0v) is 9.92. The normalized spacial score (nSPS) is 10.6. The van der Waals surface area contributed by atoms with Crippen molar-refractivity contribution in [1.29, 1.82) is 0 Å². The summed E-state index contributed by atoms with van der Waals surface area (Å²) in [5.74, 6) is 2.33. The molecule has 0 aliphatic rings. The van der Waals surface area contributed by atoms with Gasteiger partial charge < -0.3 is 14.9 Å². The van der Waals surface area contributed by atoms with Gasteiger partial charge in [0.25, 0.3) is 0 Å². The molecule has 2 aromatic rings. The average molecular weight is 241 g/mol. The Bertz CT molecular complexity index is 546. The maximum absolute atomic E-state index is 12.9. The van der Waals surface area contributed by atoms with Crippen molar-refractivity contribution >= 4 is 23.7 Å². The minimum atomic E-state index is -3.09. The SMILES string of the molecule is [N-]=[N+]=[C-]P(=O)(c1ccccc1)c1ccccc1. The fourth-order valence-corrected chi connectivity index (χ4v) is 3.44. The summed E-state index contributed by atoms with van der Waals surface area (Å²) in [6.07, 6.45) is 0. The van der Waals surface area contributed by atoms with Crippen LogP contribution >= 0.6 is 7.14 Å². The van der Waals surface area contributed by atoms with E-state index in [1.165, 1.54) is 0 Å². The molecule has 0 aromatic heterocycles. The van der Waals surface area contributed by atoms with Gasteiger partial charge in [-0.3, -0.25) is 0 Å². The summed E-state index contributed by atoms with van der Waals surface area (Å²) >= 11 is 0. The monoisotopic (exact) mass is 241 g/mol. The molecule has 0 radical (unpaired) electrons. The molecule has 0 atom stereocenters. The Morgan fingerprint density at radius 2 is 1.29 bits per heavy atom. The predicted molar refractivity (Wildman–Crippen MR) is 68.4 cm³/mol. The fourth-order valence-electron chi connectivity index (χ4n) is 1.60. The fraction of sp³-hybridized carbons (Fsp3) is 0. The first kappa shape index (κ1) is 11.5. The Labute approximate surface area is 99.7 Å². The molecule has 4 heteroatoms.